The van der Waals surface area contributed by atoms with Crippen molar-refractivity contribution >= 4 is 33.4 Å². The number of carbonyl (C=O) groups is 2. The lowest BCUT2D eigenvalue weighted by atomic mass is 9.97. The topological polar surface area (TPSA) is 101 Å². The molecule has 0 fully saturated rings. The van der Waals surface area contributed by atoms with Gasteiger partial charge in [-0.2, -0.15) is 0 Å². The minimum atomic E-state index is -0.494. The lowest BCUT2D eigenvalue weighted by molar-refractivity contribution is -0.148. The molecule has 2 N–H and O–H groups in total. The number of H-pyrrole nitrogens is 1. The normalized spacial score (nSPS) is 13.5. The van der Waals surface area contributed by atoms with Crippen LogP contribution < -0.4 is 10.9 Å². The Morgan fingerprint density at radius 2 is 2.12 bits per heavy atom. The van der Waals surface area contributed by atoms with Gasteiger partial charge in [0.25, 0.3) is 11.5 Å². The van der Waals surface area contributed by atoms with Crippen molar-refractivity contribution in [3.63, 3.8) is 0 Å². The maximum Gasteiger partial charge on any atom is 0.306 e. The largest absolute Gasteiger partial charge is 0.456 e. The van der Waals surface area contributed by atoms with E-state index in [-0.39, 0.29) is 30.9 Å². The highest BCUT2D eigenvalue weighted by atomic mass is 32.1. The second-order valence-electron chi connectivity index (χ2n) is 5.74. The second kappa shape index (κ2) is 7.12. The molecule has 0 bridgehead atoms. The number of rotatable bonds is 5. The summed E-state index contributed by atoms with van der Waals surface area (Å²) in [6.07, 6.45) is 4.55. The highest BCUT2D eigenvalue weighted by Crippen LogP contribution is 2.33. The van der Waals surface area contributed by atoms with Gasteiger partial charge in [0.2, 0.25) is 0 Å². The fourth-order valence-corrected chi connectivity index (χ4v) is 4.12. The molecule has 0 saturated carbocycles. The molecule has 0 aromatic carbocycles. The molecule has 1 aliphatic carbocycles. The zero-order valence-electron chi connectivity index (χ0n) is 13.4. The standard InChI is InChI=1S/C16H19N3O4S/c1-17-12(20)8-23-13(21)7-6-11-18-15(22)14-9-4-2-3-5-10(9)24-16(14)19-11/h2-8H2,1H3,(H,17,20)(H,18,19,22). The van der Waals surface area contributed by atoms with Crippen LogP contribution in [0.25, 0.3) is 10.2 Å². The minimum Gasteiger partial charge on any atom is -0.456 e. The first-order chi connectivity index (χ1) is 11.6. The summed E-state index contributed by atoms with van der Waals surface area (Å²) in [5.74, 6) is -0.379. The first kappa shape index (κ1) is 16.6. The summed E-state index contributed by atoms with van der Waals surface area (Å²) in [6.45, 7) is -0.296. The smallest absolute Gasteiger partial charge is 0.306 e. The van der Waals surface area contributed by atoms with Crippen molar-refractivity contribution in [3.05, 3.63) is 26.6 Å². The molecule has 3 rings (SSSR count). The van der Waals surface area contributed by atoms with Gasteiger partial charge in [0.05, 0.1) is 11.8 Å². The van der Waals surface area contributed by atoms with Crippen molar-refractivity contribution in [2.24, 2.45) is 0 Å². The van der Waals surface area contributed by atoms with E-state index in [1.807, 2.05) is 0 Å². The number of fused-ring (bicyclic) bond motifs is 3. The summed E-state index contributed by atoms with van der Waals surface area (Å²) in [4.78, 5) is 44.3. The van der Waals surface area contributed by atoms with Crippen molar-refractivity contribution in [1.29, 1.82) is 0 Å². The Bertz CT molecular complexity index is 840. The molecule has 128 valence electrons. The number of esters is 1. The van der Waals surface area contributed by atoms with Gasteiger partial charge in [-0.1, -0.05) is 0 Å². The maximum absolute atomic E-state index is 12.4. The number of aryl methyl sites for hydroxylation is 3. The number of aromatic nitrogens is 2. The molecule has 1 amide bonds. The summed E-state index contributed by atoms with van der Waals surface area (Å²) in [5, 5.41) is 3.08. The van der Waals surface area contributed by atoms with E-state index in [0.717, 1.165) is 36.1 Å². The third kappa shape index (κ3) is 3.48. The van der Waals surface area contributed by atoms with Gasteiger partial charge >= 0.3 is 5.97 Å². The second-order valence-corrected chi connectivity index (χ2v) is 6.82. The van der Waals surface area contributed by atoms with Crippen LogP contribution in [0.3, 0.4) is 0 Å². The Balaban J connectivity index is 1.71. The zero-order valence-corrected chi connectivity index (χ0v) is 14.3. The van der Waals surface area contributed by atoms with Crippen LogP contribution in [0.15, 0.2) is 4.79 Å². The van der Waals surface area contributed by atoms with Crippen LogP contribution in [0.2, 0.25) is 0 Å². The molecule has 0 aliphatic heterocycles. The van der Waals surface area contributed by atoms with Gasteiger partial charge in [0, 0.05) is 18.3 Å². The van der Waals surface area contributed by atoms with Crippen LogP contribution >= 0.6 is 11.3 Å². The third-order valence-electron chi connectivity index (χ3n) is 4.08. The Labute approximate surface area is 142 Å². The predicted molar refractivity (Wildman–Crippen MR) is 90.2 cm³/mol. The number of carbonyl (C=O) groups excluding carboxylic acids is 2. The summed E-state index contributed by atoms with van der Waals surface area (Å²) in [5.41, 5.74) is 1.01. The van der Waals surface area contributed by atoms with Gasteiger partial charge in [-0.25, -0.2) is 4.98 Å². The highest BCUT2D eigenvalue weighted by Gasteiger charge is 2.20. The monoisotopic (exact) mass is 349 g/mol. The van der Waals surface area contributed by atoms with Gasteiger partial charge in [-0.15, -0.1) is 11.3 Å². The molecule has 0 radical (unpaired) electrons. The number of aromatic amines is 1. The Kier molecular flexibility index (Phi) is 4.94. The summed E-state index contributed by atoms with van der Waals surface area (Å²) >= 11 is 1.58. The van der Waals surface area contributed by atoms with E-state index in [4.69, 9.17) is 4.74 Å². The number of nitrogens with zero attached hydrogens (tertiary/aromatic N) is 1. The number of amides is 1. The number of hydrogen-bond acceptors (Lipinski definition) is 6. The van der Waals surface area contributed by atoms with Crippen molar-refractivity contribution in [3.8, 4) is 0 Å². The first-order valence-electron chi connectivity index (χ1n) is 7.98. The van der Waals surface area contributed by atoms with E-state index in [9.17, 15) is 14.4 Å². The van der Waals surface area contributed by atoms with Gasteiger partial charge in [0.15, 0.2) is 6.61 Å². The van der Waals surface area contributed by atoms with Crippen LogP contribution in [0, 0.1) is 0 Å². The van der Waals surface area contributed by atoms with Crippen molar-refractivity contribution in [2.45, 2.75) is 38.5 Å². The van der Waals surface area contributed by atoms with E-state index in [1.165, 1.54) is 11.9 Å². The van der Waals surface area contributed by atoms with E-state index in [1.54, 1.807) is 11.3 Å². The molecule has 0 unspecified atom stereocenters. The van der Waals surface area contributed by atoms with Gasteiger partial charge in [0.1, 0.15) is 10.7 Å². The van der Waals surface area contributed by atoms with Crippen LogP contribution in [-0.2, 0) is 33.6 Å². The highest BCUT2D eigenvalue weighted by molar-refractivity contribution is 7.18. The summed E-state index contributed by atoms with van der Waals surface area (Å²) in [6, 6.07) is 0. The Morgan fingerprint density at radius 1 is 1.33 bits per heavy atom. The summed E-state index contributed by atoms with van der Waals surface area (Å²) < 4.78 is 4.83. The zero-order chi connectivity index (χ0) is 17.1. The third-order valence-corrected chi connectivity index (χ3v) is 5.27. The van der Waals surface area contributed by atoms with Crippen molar-refractivity contribution in [2.75, 3.05) is 13.7 Å². The lowest BCUT2D eigenvalue weighted by Crippen LogP contribution is -2.25. The number of thiophene rings is 1. The molecule has 0 atom stereocenters. The first-order valence-corrected chi connectivity index (χ1v) is 8.79. The van der Waals surface area contributed by atoms with Crippen LogP contribution in [-0.4, -0.2) is 35.5 Å². The molecular weight excluding hydrogens is 330 g/mol. The maximum atomic E-state index is 12.4. The van der Waals surface area contributed by atoms with E-state index in [0.29, 0.717) is 11.2 Å². The average Bonchev–Trinajstić information content (AvgIpc) is 2.96. The molecule has 2 heterocycles. The molecule has 0 saturated heterocycles. The average molecular weight is 349 g/mol. The van der Waals surface area contributed by atoms with E-state index >= 15 is 0 Å². The van der Waals surface area contributed by atoms with Gasteiger partial charge in [-0.05, 0) is 31.2 Å². The van der Waals surface area contributed by atoms with E-state index < -0.39 is 5.97 Å². The van der Waals surface area contributed by atoms with Crippen LogP contribution in [0.1, 0.15) is 35.5 Å². The van der Waals surface area contributed by atoms with E-state index in [2.05, 4.69) is 15.3 Å². The fourth-order valence-electron chi connectivity index (χ4n) is 2.84. The number of ether oxygens (including phenoxy) is 1. The molecule has 0 spiro atoms. The lowest BCUT2D eigenvalue weighted by Gasteiger charge is -2.09. The van der Waals surface area contributed by atoms with Crippen molar-refractivity contribution in [1.82, 2.24) is 15.3 Å². The molecule has 2 aromatic heterocycles. The molecule has 8 heteroatoms. The number of nitrogens with one attached hydrogen (secondary N) is 2. The molecule has 24 heavy (non-hydrogen) atoms. The van der Waals surface area contributed by atoms with Crippen LogP contribution in [0.5, 0.6) is 0 Å². The SMILES string of the molecule is CNC(=O)COC(=O)CCc1nc2sc3c(c2c(=O)[nH]1)CCCC3. The summed E-state index contributed by atoms with van der Waals surface area (Å²) in [7, 11) is 1.47. The molecule has 7 nitrogen and oxygen atoms in total. The quantitative estimate of drug-likeness (QED) is 0.787. The predicted octanol–water partition coefficient (Wildman–Crippen LogP) is 1.09. The Hall–Kier alpha value is -2.22. The minimum absolute atomic E-state index is 0.0660. The Morgan fingerprint density at radius 3 is 2.92 bits per heavy atom. The fraction of sp³-hybridized carbons (Fsp3) is 0.500. The van der Waals surface area contributed by atoms with Gasteiger partial charge < -0.3 is 15.0 Å². The molecule has 1 aliphatic rings. The molecule has 2 aromatic rings. The number of hydrogen-bond donors (Lipinski definition) is 2. The molecular formula is C16H19N3O4S. The van der Waals surface area contributed by atoms with Crippen LogP contribution in [0.4, 0.5) is 0 Å². The van der Waals surface area contributed by atoms with Gasteiger partial charge in [-0.3, -0.25) is 14.4 Å². The van der Waals surface area contributed by atoms with Crippen molar-refractivity contribution < 1.29 is 14.3 Å². The number of likely N-dealkylation sites (N-methyl/N-ethyl adjacent to an activating group) is 1.